The van der Waals surface area contributed by atoms with E-state index in [0.29, 0.717) is 38.3 Å². The van der Waals surface area contributed by atoms with Crippen molar-refractivity contribution in [3.05, 3.63) is 63.7 Å². The van der Waals surface area contributed by atoms with Gasteiger partial charge in [0.25, 0.3) is 0 Å². The average Bonchev–Trinajstić information content (AvgIpc) is 3.50. The Hall–Kier alpha value is -3.78. The molecule has 0 saturated heterocycles. The second-order valence-corrected chi connectivity index (χ2v) is 11.9. The van der Waals surface area contributed by atoms with Gasteiger partial charge >= 0.3 is 24.6 Å². The molecule has 1 aliphatic carbocycles. The molecule has 2 aromatic carbocycles. The smallest absolute Gasteiger partial charge is 0.417 e. The number of benzene rings is 2. The Morgan fingerprint density at radius 1 is 0.872 bits per heavy atom. The summed E-state index contributed by atoms with van der Waals surface area (Å²) in [5.74, 6) is -2.49. The Bertz CT molecular complexity index is 1480. The summed E-state index contributed by atoms with van der Waals surface area (Å²) < 4.78 is 131. The van der Waals surface area contributed by atoms with Gasteiger partial charge in [-0.2, -0.15) is 39.5 Å². The van der Waals surface area contributed by atoms with Crippen LogP contribution in [0.15, 0.2) is 30.3 Å². The van der Waals surface area contributed by atoms with Crippen LogP contribution in [0.3, 0.4) is 0 Å². The predicted molar refractivity (Wildman–Crippen MR) is 151 cm³/mol. The van der Waals surface area contributed by atoms with Crippen LogP contribution >= 0.6 is 0 Å². The third kappa shape index (κ3) is 7.69. The SMILES string of the molecule is CCCOC(=O)N1c2ccc(C(F)(F)F)cc2C(N(Cc2cc(C(F)(F)F)c(C(C)=O)c(C(F)(F)F)c2)C(C)=O)CC1C1CCCC1. The quantitative estimate of drug-likeness (QED) is 0.216. The highest BCUT2D eigenvalue weighted by Gasteiger charge is 2.46. The molecule has 6 nitrogen and oxygen atoms in total. The molecule has 0 spiro atoms. The van der Waals surface area contributed by atoms with Gasteiger partial charge in [0.2, 0.25) is 5.91 Å². The Balaban J connectivity index is 1.93. The molecule has 258 valence electrons. The van der Waals surface area contributed by atoms with Crippen molar-refractivity contribution in [1.82, 2.24) is 4.90 Å². The summed E-state index contributed by atoms with van der Waals surface area (Å²) in [6.07, 6.45) is -13.3. The van der Waals surface area contributed by atoms with Crippen LogP contribution in [0.1, 0.15) is 104 Å². The number of halogens is 9. The van der Waals surface area contributed by atoms with Crippen molar-refractivity contribution in [3.8, 4) is 0 Å². The van der Waals surface area contributed by atoms with Gasteiger partial charge in [-0.05, 0) is 80.0 Å². The molecular weight excluding hydrogens is 647 g/mol. The monoisotopic (exact) mass is 680 g/mol. The molecule has 1 fully saturated rings. The van der Waals surface area contributed by atoms with Crippen LogP contribution in [0.5, 0.6) is 0 Å². The Kier molecular flexibility index (Phi) is 10.3. The first kappa shape index (κ1) is 36.1. The molecule has 1 aliphatic heterocycles. The molecule has 0 N–H and O–H groups in total. The summed E-state index contributed by atoms with van der Waals surface area (Å²) in [4.78, 5) is 40.8. The van der Waals surface area contributed by atoms with E-state index in [-0.39, 0.29) is 30.2 Å². The van der Waals surface area contributed by atoms with Crippen molar-refractivity contribution in [2.45, 2.75) is 96.5 Å². The molecule has 4 rings (SSSR count). The van der Waals surface area contributed by atoms with Crippen molar-refractivity contribution < 1.29 is 58.6 Å². The third-order valence-electron chi connectivity index (χ3n) is 8.63. The minimum atomic E-state index is -5.38. The topological polar surface area (TPSA) is 66.9 Å². The molecule has 2 amide bonds. The molecule has 0 aromatic heterocycles. The Morgan fingerprint density at radius 3 is 1.91 bits per heavy atom. The molecule has 15 heteroatoms. The van der Waals surface area contributed by atoms with Crippen molar-refractivity contribution in [3.63, 3.8) is 0 Å². The highest BCUT2D eigenvalue weighted by Crippen LogP contribution is 2.48. The number of hydrogen-bond donors (Lipinski definition) is 0. The highest BCUT2D eigenvalue weighted by atomic mass is 19.4. The van der Waals surface area contributed by atoms with Crippen molar-refractivity contribution in [2.24, 2.45) is 5.92 Å². The van der Waals surface area contributed by atoms with Gasteiger partial charge in [-0.15, -0.1) is 0 Å². The number of rotatable bonds is 7. The number of hydrogen-bond acceptors (Lipinski definition) is 4. The fourth-order valence-corrected chi connectivity index (χ4v) is 6.65. The predicted octanol–water partition coefficient (Wildman–Crippen LogP) is 9.35. The van der Waals surface area contributed by atoms with Gasteiger partial charge < -0.3 is 9.64 Å². The minimum absolute atomic E-state index is 0.00242. The van der Waals surface area contributed by atoms with E-state index >= 15 is 0 Å². The minimum Gasteiger partial charge on any atom is -0.449 e. The molecule has 0 radical (unpaired) electrons. The maximum absolute atomic E-state index is 14.0. The van der Waals surface area contributed by atoms with E-state index in [1.165, 1.54) is 4.90 Å². The zero-order chi connectivity index (χ0) is 35.1. The van der Waals surface area contributed by atoms with Gasteiger partial charge in [-0.3, -0.25) is 14.5 Å². The Labute approximate surface area is 264 Å². The second-order valence-electron chi connectivity index (χ2n) is 11.9. The molecule has 2 aromatic rings. The van der Waals surface area contributed by atoms with E-state index < -0.39 is 82.8 Å². The normalized spacial score (nSPS) is 19.0. The van der Waals surface area contributed by atoms with E-state index in [1.807, 2.05) is 0 Å². The highest BCUT2D eigenvalue weighted by molar-refractivity contribution is 5.97. The molecular formula is C32H33F9N2O4. The first-order valence-corrected chi connectivity index (χ1v) is 15.0. The van der Waals surface area contributed by atoms with Crippen molar-refractivity contribution in [1.29, 1.82) is 0 Å². The first-order chi connectivity index (χ1) is 21.8. The van der Waals surface area contributed by atoms with Crippen LogP contribution in [0.4, 0.5) is 50.0 Å². The molecule has 0 bridgehead atoms. The van der Waals surface area contributed by atoms with E-state index in [2.05, 4.69) is 0 Å². The second kappa shape index (κ2) is 13.4. The number of amides is 2. The lowest BCUT2D eigenvalue weighted by atomic mass is 9.82. The van der Waals surface area contributed by atoms with E-state index in [1.54, 1.807) is 6.92 Å². The van der Waals surface area contributed by atoms with Crippen LogP contribution < -0.4 is 4.90 Å². The van der Waals surface area contributed by atoms with Gasteiger partial charge in [0, 0.05) is 25.1 Å². The van der Waals surface area contributed by atoms with E-state index in [0.717, 1.165) is 42.9 Å². The lowest BCUT2D eigenvalue weighted by molar-refractivity contribution is -0.144. The van der Waals surface area contributed by atoms with Crippen LogP contribution in [0.25, 0.3) is 0 Å². The summed E-state index contributed by atoms with van der Waals surface area (Å²) >= 11 is 0. The standard InChI is InChI=1S/C32H33F9N2O4/c1-4-11-47-29(46)43-25-10-9-21(30(33,34)35)14-22(25)27(15-26(43)20-7-5-6-8-20)42(18(3)45)16-19-12-23(31(36,37)38)28(17(2)44)24(13-19)32(39,40)41/h9-10,12-14,20,26-27H,4-8,11,15-16H2,1-3H3. The Morgan fingerprint density at radius 2 is 1.45 bits per heavy atom. The summed E-state index contributed by atoms with van der Waals surface area (Å²) in [5.41, 5.74) is -7.21. The summed E-state index contributed by atoms with van der Waals surface area (Å²) in [5, 5.41) is 0. The molecule has 1 heterocycles. The van der Waals surface area contributed by atoms with Gasteiger partial charge in [0.15, 0.2) is 5.78 Å². The average molecular weight is 681 g/mol. The van der Waals surface area contributed by atoms with Gasteiger partial charge in [-0.25, -0.2) is 4.79 Å². The maximum atomic E-state index is 14.0. The zero-order valence-corrected chi connectivity index (χ0v) is 25.7. The van der Waals surface area contributed by atoms with Crippen LogP contribution in [0, 0.1) is 5.92 Å². The zero-order valence-electron chi connectivity index (χ0n) is 25.7. The lowest BCUT2D eigenvalue weighted by Crippen LogP contribution is -2.51. The number of ether oxygens (including phenoxy) is 1. The number of carbonyl (C=O) groups excluding carboxylic acids is 3. The lowest BCUT2D eigenvalue weighted by Gasteiger charge is -2.46. The van der Waals surface area contributed by atoms with Gasteiger partial charge in [0.05, 0.1) is 35.0 Å². The number of alkyl halides is 9. The number of nitrogens with zero attached hydrogens (tertiary/aromatic N) is 2. The number of anilines is 1. The number of ketones is 1. The van der Waals surface area contributed by atoms with Crippen molar-refractivity contribution >= 4 is 23.5 Å². The fourth-order valence-electron chi connectivity index (χ4n) is 6.65. The van der Waals surface area contributed by atoms with Crippen LogP contribution in [0.2, 0.25) is 0 Å². The summed E-state index contributed by atoms with van der Waals surface area (Å²) in [6, 6.07) is 1.29. The summed E-state index contributed by atoms with van der Waals surface area (Å²) in [7, 11) is 0. The van der Waals surface area contributed by atoms with E-state index in [4.69, 9.17) is 4.74 Å². The molecule has 2 unspecified atom stereocenters. The molecule has 2 aliphatic rings. The largest absolute Gasteiger partial charge is 0.449 e. The third-order valence-corrected chi connectivity index (χ3v) is 8.63. The molecule has 2 atom stereocenters. The van der Waals surface area contributed by atoms with Crippen LogP contribution in [-0.4, -0.2) is 35.3 Å². The van der Waals surface area contributed by atoms with Crippen molar-refractivity contribution in [2.75, 3.05) is 11.5 Å². The molecule has 47 heavy (non-hydrogen) atoms. The van der Waals surface area contributed by atoms with Gasteiger partial charge in [0.1, 0.15) is 0 Å². The summed E-state index contributed by atoms with van der Waals surface area (Å²) in [6.45, 7) is 2.47. The van der Waals surface area contributed by atoms with E-state index in [9.17, 15) is 53.9 Å². The number of carbonyl (C=O) groups is 3. The number of Topliss-reactive ketones (excluding diaryl/α,β-unsaturated/α-hetero) is 1. The fraction of sp³-hybridized carbons (Fsp3) is 0.531. The van der Waals surface area contributed by atoms with Crippen LogP contribution in [-0.2, 0) is 34.6 Å². The maximum Gasteiger partial charge on any atom is 0.417 e. The first-order valence-electron chi connectivity index (χ1n) is 15.0. The molecule has 1 saturated carbocycles. The number of fused-ring (bicyclic) bond motifs is 1. The van der Waals surface area contributed by atoms with Gasteiger partial charge in [-0.1, -0.05) is 19.8 Å².